The van der Waals surface area contributed by atoms with Gasteiger partial charge in [0.2, 0.25) is 10.0 Å². The predicted molar refractivity (Wildman–Crippen MR) is 85.7 cm³/mol. The van der Waals surface area contributed by atoms with E-state index in [1.807, 2.05) is 19.9 Å². The summed E-state index contributed by atoms with van der Waals surface area (Å²) in [6.07, 6.45) is 4.75. The molecule has 0 spiro atoms. The number of sulfonamides is 1. The van der Waals surface area contributed by atoms with Gasteiger partial charge in [0, 0.05) is 13.1 Å². The lowest BCUT2D eigenvalue weighted by molar-refractivity contribution is 0.297. The molecule has 0 saturated heterocycles. The number of hydrogen-bond acceptors (Lipinski definition) is 3. The van der Waals surface area contributed by atoms with Gasteiger partial charge in [0.25, 0.3) is 0 Å². The molecule has 1 aromatic rings. The molecule has 5 heteroatoms. The minimum absolute atomic E-state index is 0.370. The summed E-state index contributed by atoms with van der Waals surface area (Å²) in [5.74, 6) is 0.718. The maximum Gasteiger partial charge on any atom is 0.240 e. The number of rotatable bonds is 8. The van der Waals surface area contributed by atoms with Crippen molar-refractivity contribution >= 4 is 10.0 Å². The summed E-state index contributed by atoms with van der Waals surface area (Å²) in [6, 6.07) is 5.35. The Morgan fingerprint density at radius 2 is 2.05 bits per heavy atom. The summed E-state index contributed by atoms with van der Waals surface area (Å²) in [4.78, 5) is 0.370. The molecule has 118 valence electrons. The molecule has 21 heavy (non-hydrogen) atoms. The average Bonchev–Trinajstić information content (AvgIpc) is 2.40. The van der Waals surface area contributed by atoms with Gasteiger partial charge in [-0.15, -0.1) is 0 Å². The first-order valence-electron chi connectivity index (χ1n) is 7.83. The van der Waals surface area contributed by atoms with Crippen LogP contribution < -0.4 is 10.0 Å². The highest BCUT2D eigenvalue weighted by atomic mass is 32.2. The van der Waals surface area contributed by atoms with Crippen LogP contribution in [0.25, 0.3) is 0 Å². The van der Waals surface area contributed by atoms with Crippen molar-refractivity contribution in [1.82, 2.24) is 10.0 Å². The van der Waals surface area contributed by atoms with E-state index in [1.54, 1.807) is 12.1 Å². The fraction of sp³-hybridized carbons (Fsp3) is 0.625. The lowest BCUT2D eigenvalue weighted by atomic mass is 9.83. The number of benzene rings is 1. The standard InChI is InChI=1S/C16H26N2O2S/c1-3-17-12-15-11-16(8-7-13(15)2)21(19,20)18-10-9-14-5-4-6-14/h7-8,11,14,17-18H,3-6,9-10,12H2,1-2H3. The van der Waals surface area contributed by atoms with Crippen LogP contribution in [0, 0.1) is 12.8 Å². The van der Waals surface area contributed by atoms with E-state index >= 15 is 0 Å². The van der Waals surface area contributed by atoms with Crippen molar-refractivity contribution in [2.45, 2.75) is 51.0 Å². The van der Waals surface area contributed by atoms with Crippen molar-refractivity contribution in [3.63, 3.8) is 0 Å². The van der Waals surface area contributed by atoms with Crippen LogP contribution in [0.4, 0.5) is 0 Å². The first kappa shape index (κ1) is 16.5. The van der Waals surface area contributed by atoms with Crippen LogP contribution in [0.3, 0.4) is 0 Å². The van der Waals surface area contributed by atoms with Gasteiger partial charge in [-0.25, -0.2) is 13.1 Å². The van der Waals surface area contributed by atoms with Gasteiger partial charge < -0.3 is 5.32 Å². The van der Waals surface area contributed by atoms with E-state index in [0.717, 1.165) is 30.0 Å². The molecular formula is C16H26N2O2S. The molecule has 0 radical (unpaired) electrons. The molecule has 1 saturated carbocycles. The lowest BCUT2D eigenvalue weighted by Crippen LogP contribution is -2.27. The molecular weight excluding hydrogens is 284 g/mol. The Balaban J connectivity index is 2.00. The van der Waals surface area contributed by atoms with E-state index in [1.165, 1.54) is 19.3 Å². The molecule has 2 rings (SSSR count). The van der Waals surface area contributed by atoms with E-state index in [2.05, 4.69) is 10.0 Å². The van der Waals surface area contributed by atoms with Crippen molar-refractivity contribution in [3.8, 4) is 0 Å². The third kappa shape index (κ3) is 4.53. The second kappa shape index (κ2) is 7.38. The third-order valence-electron chi connectivity index (χ3n) is 4.27. The van der Waals surface area contributed by atoms with E-state index in [4.69, 9.17) is 0 Å². The SMILES string of the molecule is CCNCc1cc(S(=O)(=O)NCCC2CCC2)ccc1C. The number of aryl methyl sites for hydroxylation is 1. The highest BCUT2D eigenvalue weighted by Crippen LogP contribution is 2.28. The molecule has 0 heterocycles. The maximum atomic E-state index is 12.3. The number of hydrogen-bond donors (Lipinski definition) is 2. The van der Waals surface area contributed by atoms with Gasteiger partial charge in [0.15, 0.2) is 0 Å². The van der Waals surface area contributed by atoms with Crippen molar-refractivity contribution in [2.24, 2.45) is 5.92 Å². The molecule has 0 bridgehead atoms. The third-order valence-corrected chi connectivity index (χ3v) is 5.72. The molecule has 4 nitrogen and oxygen atoms in total. The predicted octanol–water partition coefficient (Wildman–Crippen LogP) is 2.57. The van der Waals surface area contributed by atoms with Crippen LogP contribution in [0.1, 0.15) is 43.7 Å². The van der Waals surface area contributed by atoms with Crippen LogP contribution in [-0.4, -0.2) is 21.5 Å². The van der Waals surface area contributed by atoms with Crippen LogP contribution in [0.5, 0.6) is 0 Å². The molecule has 0 unspecified atom stereocenters. The van der Waals surface area contributed by atoms with Crippen LogP contribution in [0.15, 0.2) is 23.1 Å². The van der Waals surface area contributed by atoms with Gasteiger partial charge >= 0.3 is 0 Å². The molecule has 1 aromatic carbocycles. The lowest BCUT2D eigenvalue weighted by Gasteiger charge is -2.25. The zero-order valence-electron chi connectivity index (χ0n) is 13.0. The molecule has 2 N–H and O–H groups in total. The van der Waals surface area contributed by atoms with E-state index in [0.29, 0.717) is 18.0 Å². The zero-order chi connectivity index (χ0) is 15.3. The van der Waals surface area contributed by atoms with E-state index < -0.39 is 10.0 Å². The Labute approximate surface area is 128 Å². The van der Waals surface area contributed by atoms with Crippen molar-refractivity contribution in [3.05, 3.63) is 29.3 Å². The van der Waals surface area contributed by atoms with Gasteiger partial charge in [0.05, 0.1) is 4.90 Å². The summed E-state index contributed by atoms with van der Waals surface area (Å²) in [7, 11) is -3.38. The Bertz CT molecular complexity index is 566. The molecule has 1 aliphatic rings. The quantitative estimate of drug-likeness (QED) is 0.776. The van der Waals surface area contributed by atoms with Gasteiger partial charge in [-0.1, -0.05) is 32.3 Å². The minimum atomic E-state index is -3.38. The van der Waals surface area contributed by atoms with Crippen LogP contribution in [-0.2, 0) is 16.6 Å². The molecule has 0 aromatic heterocycles. The number of nitrogens with one attached hydrogen (secondary N) is 2. The molecule has 0 atom stereocenters. The average molecular weight is 310 g/mol. The minimum Gasteiger partial charge on any atom is -0.313 e. The largest absolute Gasteiger partial charge is 0.313 e. The normalized spacial score (nSPS) is 15.9. The second-order valence-corrected chi connectivity index (χ2v) is 7.62. The summed E-state index contributed by atoms with van der Waals surface area (Å²) in [5.41, 5.74) is 2.16. The summed E-state index contributed by atoms with van der Waals surface area (Å²) >= 11 is 0. The monoisotopic (exact) mass is 310 g/mol. The summed E-state index contributed by atoms with van der Waals surface area (Å²) < 4.78 is 27.4. The van der Waals surface area contributed by atoms with Crippen LogP contribution >= 0.6 is 0 Å². The smallest absolute Gasteiger partial charge is 0.240 e. The summed E-state index contributed by atoms with van der Waals surface area (Å²) in [5, 5.41) is 3.24. The highest BCUT2D eigenvalue weighted by molar-refractivity contribution is 7.89. The van der Waals surface area contributed by atoms with Crippen molar-refractivity contribution in [1.29, 1.82) is 0 Å². The Hall–Kier alpha value is -0.910. The fourth-order valence-corrected chi connectivity index (χ4v) is 3.63. The fourth-order valence-electron chi connectivity index (χ4n) is 2.53. The van der Waals surface area contributed by atoms with Gasteiger partial charge in [-0.2, -0.15) is 0 Å². The Morgan fingerprint density at radius 1 is 1.29 bits per heavy atom. The Morgan fingerprint density at radius 3 is 2.67 bits per heavy atom. The zero-order valence-corrected chi connectivity index (χ0v) is 13.8. The van der Waals surface area contributed by atoms with Gasteiger partial charge in [-0.05, 0) is 49.1 Å². The highest BCUT2D eigenvalue weighted by Gasteiger charge is 2.19. The van der Waals surface area contributed by atoms with Crippen molar-refractivity contribution < 1.29 is 8.42 Å². The van der Waals surface area contributed by atoms with Crippen LogP contribution in [0.2, 0.25) is 0 Å². The van der Waals surface area contributed by atoms with Gasteiger partial charge in [0.1, 0.15) is 0 Å². The van der Waals surface area contributed by atoms with E-state index in [-0.39, 0.29) is 0 Å². The maximum absolute atomic E-state index is 12.3. The first-order chi connectivity index (χ1) is 10.0. The van der Waals surface area contributed by atoms with Crippen molar-refractivity contribution in [2.75, 3.05) is 13.1 Å². The topological polar surface area (TPSA) is 58.2 Å². The summed E-state index contributed by atoms with van der Waals surface area (Å²) in [6.45, 7) is 6.16. The molecule has 1 fully saturated rings. The second-order valence-electron chi connectivity index (χ2n) is 5.85. The Kier molecular flexibility index (Phi) is 5.79. The van der Waals surface area contributed by atoms with E-state index in [9.17, 15) is 8.42 Å². The molecule has 0 aliphatic heterocycles. The van der Waals surface area contributed by atoms with Gasteiger partial charge in [-0.3, -0.25) is 0 Å². The molecule has 0 amide bonds. The molecule has 1 aliphatic carbocycles. The first-order valence-corrected chi connectivity index (χ1v) is 9.31.